The predicted octanol–water partition coefficient (Wildman–Crippen LogP) is 2.56. The van der Waals surface area contributed by atoms with E-state index in [2.05, 4.69) is 46.9 Å². The largest absolute Gasteiger partial charge is 0.361 e. The average Bonchev–Trinajstić information content (AvgIpc) is 3.16. The molecule has 22 heavy (non-hydrogen) atoms. The van der Waals surface area contributed by atoms with Gasteiger partial charge in [-0.2, -0.15) is 0 Å². The number of carbonyl (C=O) groups is 1. The molecule has 0 spiro atoms. The van der Waals surface area contributed by atoms with Crippen LogP contribution in [0.1, 0.15) is 30.9 Å². The fourth-order valence-electron chi connectivity index (χ4n) is 3.13. The standard InChI is InChI=1S/C17H23N3O.ClH/c1-2-12-5-3-6-14-13(11-20-16(12)14)8-10-19-17(21)15-7-4-9-18-15;/h3,5-6,11,15,18,20H,2,4,7-10H2,1H3,(H,19,21);1H. The Labute approximate surface area is 137 Å². The van der Waals surface area contributed by atoms with Gasteiger partial charge in [0.1, 0.15) is 0 Å². The smallest absolute Gasteiger partial charge is 0.237 e. The second-order valence-electron chi connectivity index (χ2n) is 5.70. The van der Waals surface area contributed by atoms with Crippen molar-refractivity contribution in [3.05, 3.63) is 35.5 Å². The number of H-pyrrole nitrogens is 1. The molecule has 0 radical (unpaired) electrons. The number of hydrogen-bond acceptors (Lipinski definition) is 2. The summed E-state index contributed by atoms with van der Waals surface area (Å²) in [6.45, 7) is 3.82. The van der Waals surface area contributed by atoms with Crippen molar-refractivity contribution in [1.82, 2.24) is 15.6 Å². The van der Waals surface area contributed by atoms with Gasteiger partial charge in [-0.3, -0.25) is 4.79 Å². The number of benzene rings is 1. The van der Waals surface area contributed by atoms with E-state index in [1.807, 2.05) is 0 Å². The number of aromatic nitrogens is 1. The van der Waals surface area contributed by atoms with Crippen LogP contribution in [0.5, 0.6) is 0 Å². The van der Waals surface area contributed by atoms with Gasteiger partial charge >= 0.3 is 0 Å². The maximum atomic E-state index is 12.0. The maximum Gasteiger partial charge on any atom is 0.237 e. The van der Waals surface area contributed by atoms with Gasteiger partial charge in [0.05, 0.1) is 6.04 Å². The molecular formula is C17H24ClN3O. The number of fused-ring (bicyclic) bond motifs is 1. The van der Waals surface area contributed by atoms with E-state index in [0.717, 1.165) is 32.2 Å². The third kappa shape index (κ3) is 3.45. The SMILES string of the molecule is CCc1cccc2c(CCNC(=O)C3CCCN3)c[nH]c12.Cl. The summed E-state index contributed by atoms with van der Waals surface area (Å²) in [5, 5.41) is 7.55. The first-order valence-corrected chi connectivity index (χ1v) is 7.88. The Morgan fingerprint density at radius 2 is 2.23 bits per heavy atom. The van der Waals surface area contributed by atoms with Crippen molar-refractivity contribution in [2.45, 2.75) is 38.6 Å². The van der Waals surface area contributed by atoms with Crippen LogP contribution >= 0.6 is 12.4 Å². The number of nitrogens with one attached hydrogen (secondary N) is 3. The van der Waals surface area contributed by atoms with Gasteiger partial charge in [0.2, 0.25) is 5.91 Å². The van der Waals surface area contributed by atoms with Crippen molar-refractivity contribution in [3.63, 3.8) is 0 Å². The maximum absolute atomic E-state index is 12.0. The number of aryl methyl sites for hydroxylation is 1. The second kappa shape index (κ2) is 7.65. The highest BCUT2D eigenvalue weighted by Gasteiger charge is 2.21. The third-order valence-electron chi connectivity index (χ3n) is 4.34. The monoisotopic (exact) mass is 321 g/mol. The van der Waals surface area contributed by atoms with Crippen LogP contribution < -0.4 is 10.6 Å². The van der Waals surface area contributed by atoms with Crippen LogP contribution in [-0.4, -0.2) is 30.0 Å². The predicted molar refractivity (Wildman–Crippen MR) is 92.7 cm³/mol. The molecule has 0 saturated carbocycles. The number of carbonyl (C=O) groups excluding carboxylic acids is 1. The molecular weight excluding hydrogens is 298 g/mol. The summed E-state index contributed by atoms with van der Waals surface area (Å²) < 4.78 is 0. The van der Waals surface area contributed by atoms with Crippen LogP contribution in [0.2, 0.25) is 0 Å². The molecule has 1 fully saturated rings. The van der Waals surface area contributed by atoms with Crippen LogP contribution in [0.25, 0.3) is 10.9 Å². The van der Waals surface area contributed by atoms with Crippen molar-refractivity contribution in [2.75, 3.05) is 13.1 Å². The van der Waals surface area contributed by atoms with Gasteiger partial charge in [-0.1, -0.05) is 25.1 Å². The van der Waals surface area contributed by atoms with Gasteiger partial charge in [0.15, 0.2) is 0 Å². The Kier molecular flexibility index (Phi) is 5.86. The highest BCUT2D eigenvalue weighted by molar-refractivity contribution is 5.86. The molecule has 4 nitrogen and oxygen atoms in total. The molecule has 1 atom stereocenters. The van der Waals surface area contributed by atoms with Crippen LogP contribution in [0.15, 0.2) is 24.4 Å². The first kappa shape index (κ1) is 16.8. The molecule has 3 N–H and O–H groups in total. The minimum atomic E-state index is 0. The van der Waals surface area contributed by atoms with Gasteiger partial charge in [-0.15, -0.1) is 12.4 Å². The van der Waals surface area contributed by atoms with Gasteiger partial charge < -0.3 is 15.6 Å². The summed E-state index contributed by atoms with van der Waals surface area (Å²) in [6.07, 6.45) is 6.02. The van der Waals surface area contributed by atoms with Crippen molar-refractivity contribution in [1.29, 1.82) is 0 Å². The minimum Gasteiger partial charge on any atom is -0.361 e. The normalized spacial score (nSPS) is 17.4. The number of rotatable bonds is 5. The van der Waals surface area contributed by atoms with Crippen molar-refractivity contribution < 1.29 is 4.79 Å². The summed E-state index contributed by atoms with van der Waals surface area (Å²) in [5.41, 5.74) is 3.86. The highest BCUT2D eigenvalue weighted by Crippen LogP contribution is 2.22. The lowest BCUT2D eigenvalue weighted by molar-refractivity contribution is -0.122. The molecule has 1 aliphatic rings. The minimum absolute atomic E-state index is 0. The fraction of sp³-hybridized carbons (Fsp3) is 0.471. The lowest BCUT2D eigenvalue weighted by Gasteiger charge is -2.10. The van der Waals surface area contributed by atoms with E-state index in [0.29, 0.717) is 6.54 Å². The molecule has 3 rings (SSSR count). The zero-order chi connectivity index (χ0) is 14.7. The summed E-state index contributed by atoms with van der Waals surface area (Å²) in [7, 11) is 0. The van der Waals surface area contributed by atoms with Crippen LogP contribution in [0, 0.1) is 0 Å². The Hall–Kier alpha value is -1.52. The van der Waals surface area contributed by atoms with E-state index in [1.165, 1.54) is 22.0 Å². The third-order valence-corrected chi connectivity index (χ3v) is 4.34. The Morgan fingerprint density at radius 1 is 1.36 bits per heavy atom. The molecule has 5 heteroatoms. The number of aromatic amines is 1. The van der Waals surface area contributed by atoms with Crippen LogP contribution in [-0.2, 0) is 17.6 Å². The lowest BCUT2D eigenvalue weighted by Crippen LogP contribution is -2.41. The van der Waals surface area contributed by atoms with E-state index in [9.17, 15) is 4.79 Å². The number of halogens is 1. The molecule has 1 aromatic carbocycles. The highest BCUT2D eigenvalue weighted by atomic mass is 35.5. The van der Waals surface area contributed by atoms with Gasteiger partial charge in [0, 0.05) is 23.6 Å². The number of para-hydroxylation sites is 1. The van der Waals surface area contributed by atoms with E-state index in [4.69, 9.17) is 0 Å². The van der Waals surface area contributed by atoms with E-state index < -0.39 is 0 Å². The molecule has 0 bridgehead atoms. The average molecular weight is 322 g/mol. The molecule has 0 aliphatic carbocycles. The molecule has 1 aliphatic heterocycles. The molecule has 1 unspecified atom stereocenters. The van der Waals surface area contributed by atoms with Crippen LogP contribution in [0.4, 0.5) is 0 Å². The summed E-state index contributed by atoms with van der Waals surface area (Å²) >= 11 is 0. The second-order valence-corrected chi connectivity index (χ2v) is 5.70. The Morgan fingerprint density at radius 3 is 2.95 bits per heavy atom. The first-order valence-electron chi connectivity index (χ1n) is 7.88. The van der Waals surface area contributed by atoms with E-state index in [1.54, 1.807) is 0 Å². The molecule has 120 valence electrons. The molecule has 2 aromatic rings. The van der Waals surface area contributed by atoms with Crippen molar-refractivity contribution in [2.24, 2.45) is 0 Å². The first-order chi connectivity index (χ1) is 10.3. The van der Waals surface area contributed by atoms with E-state index >= 15 is 0 Å². The summed E-state index contributed by atoms with van der Waals surface area (Å²) in [5.74, 6) is 0.140. The van der Waals surface area contributed by atoms with Gasteiger partial charge in [0.25, 0.3) is 0 Å². The topological polar surface area (TPSA) is 56.9 Å². The molecule has 1 amide bonds. The quantitative estimate of drug-likeness (QED) is 0.792. The van der Waals surface area contributed by atoms with Crippen molar-refractivity contribution >= 4 is 29.2 Å². The van der Waals surface area contributed by atoms with Crippen LogP contribution in [0.3, 0.4) is 0 Å². The molecule has 2 heterocycles. The fourth-order valence-corrected chi connectivity index (χ4v) is 3.13. The number of hydrogen-bond donors (Lipinski definition) is 3. The van der Waals surface area contributed by atoms with Gasteiger partial charge in [-0.25, -0.2) is 0 Å². The molecule has 1 saturated heterocycles. The van der Waals surface area contributed by atoms with Crippen molar-refractivity contribution in [3.8, 4) is 0 Å². The Balaban J connectivity index is 0.00000176. The summed E-state index contributed by atoms with van der Waals surface area (Å²) in [4.78, 5) is 15.3. The lowest BCUT2D eigenvalue weighted by atomic mass is 10.1. The summed E-state index contributed by atoms with van der Waals surface area (Å²) in [6, 6.07) is 6.44. The van der Waals surface area contributed by atoms with Gasteiger partial charge in [-0.05, 0) is 43.4 Å². The zero-order valence-corrected chi connectivity index (χ0v) is 13.8. The van der Waals surface area contributed by atoms with E-state index in [-0.39, 0.29) is 24.4 Å². The number of amides is 1. The molecule has 1 aromatic heterocycles. The Bertz CT molecular complexity index is 632. The zero-order valence-electron chi connectivity index (χ0n) is 12.9.